The van der Waals surface area contributed by atoms with Crippen molar-refractivity contribution in [1.82, 2.24) is 24.7 Å². The molecular formula is C15H16N6O. The minimum atomic E-state index is 0.551. The molecule has 0 saturated carbocycles. The van der Waals surface area contributed by atoms with E-state index in [1.165, 1.54) is 0 Å². The molecule has 0 unspecified atom stereocenters. The fraction of sp³-hybridized carbons (Fsp3) is 0.200. The maximum Gasteiger partial charge on any atom is 0.273 e. The lowest BCUT2D eigenvalue weighted by atomic mass is 10.2. The van der Waals surface area contributed by atoms with E-state index in [1.54, 1.807) is 29.0 Å². The molecule has 0 spiro atoms. The Hall–Kier alpha value is -2.96. The van der Waals surface area contributed by atoms with E-state index in [9.17, 15) is 0 Å². The molecule has 0 radical (unpaired) electrons. The molecule has 0 aliphatic heterocycles. The van der Waals surface area contributed by atoms with Crippen molar-refractivity contribution in [2.75, 3.05) is 7.11 Å². The molecule has 2 aromatic heterocycles. The van der Waals surface area contributed by atoms with E-state index < -0.39 is 0 Å². The summed E-state index contributed by atoms with van der Waals surface area (Å²) in [6, 6.07) is 9.60. The lowest BCUT2D eigenvalue weighted by Gasteiger charge is -2.02. The molecular weight excluding hydrogens is 280 g/mol. The van der Waals surface area contributed by atoms with Crippen molar-refractivity contribution in [3.05, 3.63) is 53.6 Å². The summed E-state index contributed by atoms with van der Waals surface area (Å²) in [5.74, 6) is 1.36. The Morgan fingerprint density at radius 3 is 2.59 bits per heavy atom. The number of ether oxygens (including phenoxy) is 1. The van der Waals surface area contributed by atoms with Crippen LogP contribution in [0.4, 0.5) is 0 Å². The zero-order valence-corrected chi connectivity index (χ0v) is 12.6. The van der Waals surface area contributed by atoms with Gasteiger partial charge in [0, 0.05) is 5.69 Å². The van der Waals surface area contributed by atoms with Crippen LogP contribution in [0.3, 0.4) is 0 Å². The zero-order valence-electron chi connectivity index (χ0n) is 12.6. The number of aromatic nitrogens is 5. The highest BCUT2D eigenvalue weighted by atomic mass is 16.5. The molecule has 3 aromatic rings. The first-order chi connectivity index (χ1) is 10.7. The highest BCUT2D eigenvalue weighted by molar-refractivity contribution is 5.79. The van der Waals surface area contributed by atoms with Gasteiger partial charge in [0.15, 0.2) is 0 Å². The number of hydrogen-bond acceptors (Lipinski definition) is 5. The largest absolute Gasteiger partial charge is 0.497 e. The first kappa shape index (κ1) is 14.0. The Morgan fingerprint density at radius 2 is 1.95 bits per heavy atom. The van der Waals surface area contributed by atoms with Crippen molar-refractivity contribution in [3.63, 3.8) is 0 Å². The molecule has 0 saturated heterocycles. The predicted octanol–water partition coefficient (Wildman–Crippen LogP) is 1.97. The molecule has 22 heavy (non-hydrogen) atoms. The molecule has 0 fully saturated rings. The second-order valence-corrected chi connectivity index (χ2v) is 4.83. The summed E-state index contributed by atoms with van der Waals surface area (Å²) < 4.78 is 8.43. The van der Waals surface area contributed by atoms with Crippen molar-refractivity contribution in [2.24, 2.45) is 5.10 Å². The number of methoxy groups -OCH3 is 1. The summed E-state index contributed by atoms with van der Waals surface area (Å²) in [5.41, 5.74) is 2.85. The van der Waals surface area contributed by atoms with E-state index in [0.717, 1.165) is 22.7 Å². The van der Waals surface area contributed by atoms with Crippen LogP contribution in [0.2, 0.25) is 0 Å². The molecule has 112 valence electrons. The van der Waals surface area contributed by atoms with Gasteiger partial charge in [0.05, 0.1) is 19.0 Å². The molecule has 0 aliphatic carbocycles. The van der Waals surface area contributed by atoms with Gasteiger partial charge in [-0.3, -0.25) is 0 Å². The third-order valence-electron chi connectivity index (χ3n) is 3.16. The first-order valence-electron chi connectivity index (χ1n) is 6.79. The molecule has 0 N–H and O–H groups in total. The maximum atomic E-state index is 5.13. The fourth-order valence-electron chi connectivity index (χ4n) is 2.09. The lowest BCUT2D eigenvalue weighted by molar-refractivity contribution is 0.415. The van der Waals surface area contributed by atoms with Gasteiger partial charge >= 0.3 is 0 Å². The Labute approximate surface area is 127 Å². The molecule has 0 atom stereocenters. The van der Waals surface area contributed by atoms with Gasteiger partial charge < -0.3 is 4.74 Å². The monoisotopic (exact) mass is 296 g/mol. The van der Waals surface area contributed by atoms with Crippen LogP contribution in [-0.4, -0.2) is 38.0 Å². The standard InChI is InChI=1S/C15H16N6O/c1-11-8-12(2)21(19-11)15-18-16-10-20(15)17-9-13-4-6-14(22-3)7-5-13/h4-10H,1-3H3. The van der Waals surface area contributed by atoms with E-state index in [-0.39, 0.29) is 0 Å². The van der Waals surface area contributed by atoms with Crippen molar-refractivity contribution in [3.8, 4) is 11.7 Å². The highest BCUT2D eigenvalue weighted by Gasteiger charge is 2.10. The van der Waals surface area contributed by atoms with Crippen LogP contribution < -0.4 is 4.74 Å². The van der Waals surface area contributed by atoms with Gasteiger partial charge in [0.25, 0.3) is 5.95 Å². The number of aryl methyl sites for hydroxylation is 2. The van der Waals surface area contributed by atoms with E-state index in [2.05, 4.69) is 20.4 Å². The molecule has 3 rings (SSSR count). The van der Waals surface area contributed by atoms with E-state index in [0.29, 0.717) is 5.95 Å². The highest BCUT2D eigenvalue weighted by Crippen LogP contribution is 2.11. The van der Waals surface area contributed by atoms with E-state index >= 15 is 0 Å². The van der Waals surface area contributed by atoms with Crippen molar-refractivity contribution in [1.29, 1.82) is 0 Å². The van der Waals surface area contributed by atoms with Crippen LogP contribution in [0, 0.1) is 13.8 Å². The normalized spacial score (nSPS) is 11.2. The summed E-state index contributed by atoms with van der Waals surface area (Å²) in [6.07, 6.45) is 3.28. The Balaban J connectivity index is 1.88. The van der Waals surface area contributed by atoms with E-state index in [1.807, 2.05) is 44.2 Å². The third kappa shape index (κ3) is 2.73. The summed E-state index contributed by atoms with van der Waals surface area (Å²) >= 11 is 0. The molecule has 0 amide bonds. The Kier molecular flexibility index (Phi) is 3.69. The van der Waals surface area contributed by atoms with Crippen molar-refractivity contribution >= 4 is 6.21 Å². The minimum absolute atomic E-state index is 0.551. The van der Waals surface area contributed by atoms with Crippen molar-refractivity contribution < 1.29 is 4.74 Å². The van der Waals surface area contributed by atoms with Gasteiger partial charge in [-0.2, -0.15) is 14.9 Å². The molecule has 2 heterocycles. The number of hydrogen-bond donors (Lipinski definition) is 0. The average Bonchev–Trinajstić information content (AvgIpc) is 3.11. The first-order valence-corrected chi connectivity index (χ1v) is 6.79. The zero-order chi connectivity index (χ0) is 15.5. The Bertz CT molecular complexity index is 800. The van der Waals surface area contributed by atoms with Crippen molar-refractivity contribution in [2.45, 2.75) is 13.8 Å². The topological polar surface area (TPSA) is 70.1 Å². The minimum Gasteiger partial charge on any atom is -0.497 e. The summed E-state index contributed by atoms with van der Waals surface area (Å²) in [4.78, 5) is 0. The van der Waals surface area contributed by atoms with Gasteiger partial charge in [-0.25, -0.2) is 4.68 Å². The van der Waals surface area contributed by atoms with Crippen LogP contribution in [-0.2, 0) is 0 Å². The van der Waals surface area contributed by atoms with Gasteiger partial charge in [-0.1, -0.05) is 0 Å². The summed E-state index contributed by atoms with van der Waals surface area (Å²) in [6.45, 7) is 3.90. The van der Waals surface area contributed by atoms with Crippen LogP contribution in [0.25, 0.3) is 5.95 Å². The maximum absolute atomic E-state index is 5.13. The molecule has 0 aliphatic rings. The third-order valence-corrected chi connectivity index (χ3v) is 3.16. The Morgan fingerprint density at radius 1 is 1.18 bits per heavy atom. The van der Waals surface area contributed by atoms with Gasteiger partial charge in [-0.05, 0) is 49.7 Å². The number of rotatable bonds is 4. The second-order valence-electron chi connectivity index (χ2n) is 4.83. The van der Waals surface area contributed by atoms with Gasteiger partial charge in [0.2, 0.25) is 0 Å². The summed E-state index contributed by atoms with van der Waals surface area (Å²) in [7, 11) is 1.64. The molecule has 7 nitrogen and oxygen atoms in total. The smallest absolute Gasteiger partial charge is 0.273 e. The molecule has 0 bridgehead atoms. The van der Waals surface area contributed by atoms with E-state index in [4.69, 9.17) is 4.74 Å². The van der Waals surface area contributed by atoms with Crippen LogP contribution >= 0.6 is 0 Å². The van der Waals surface area contributed by atoms with Crippen LogP contribution in [0.15, 0.2) is 41.8 Å². The lowest BCUT2D eigenvalue weighted by Crippen LogP contribution is -2.06. The summed E-state index contributed by atoms with van der Waals surface area (Å²) in [5, 5.41) is 16.8. The fourth-order valence-corrected chi connectivity index (χ4v) is 2.09. The quantitative estimate of drug-likeness (QED) is 0.690. The van der Waals surface area contributed by atoms with Gasteiger partial charge in [0.1, 0.15) is 12.1 Å². The van der Waals surface area contributed by atoms with Gasteiger partial charge in [-0.15, -0.1) is 10.2 Å². The molecule has 1 aromatic carbocycles. The predicted molar refractivity (Wildman–Crippen MR) is 82.6 cm³/mol. The average molecular weight is 296 g/mol. The molecule has 7 heteroatoms. The second kappa shape index (κ2) is 5.80. The van der Waals surface area contributed by atoms with Crippen LogP contribution in [0.1, 0.15) is 17.0 Å². The number of nitrogens with zero attached hydrogens (tertiary/aromatic N) is 6. The van der Waals surface area contributed by atoms with Crippen LogP contribution in [0.5, 0.6) is 5.75 Å². The number of benzene rings is 1. The SMILES string of the molecule is COc1ccc(C=Nn2cnnc2-n2nc(C)cc2C)cc1.